The minimum absolute atomic E-state index is 0.281. The van der Waals surface area contributed by atoms with Crippen molar-refractivity contribution < 1.29 is 8.78 Å². The highest BCUT2D eigenvalue weighted by Crippen LogP contribution is 2.19. The molecular weight excluding hydrogens is 246 g/mol. The second-order valence-corrected chi connectivity index (χ2v) is 4.19. The number of H-pyrrole nitrogens is 1. The van der Waals surface area contributed by atoms with Crippen molar-refractivity contribution in [1.82, 2.24) is 10.2 Å². The summed E-state index contributed by atoms with van der Waals surface area (Å²) in [6, 6.07) is 10.7. The lowest BCUT2D eigenvalue weighted by Crippen LogP contribution is -1.77. The molecule has 0 spiro atoms. The van der Waals surface area contributed by atoms with Crippen LogP contribution in [0.25, 0.3) is 23.1 Å². The number of fused-ring (bicyclic) bond motifs is 1. The molecule has 0 fully saturated rings. The van der Waals surface area contributed by atoms with Gasteiger partial charge in [-0.1, -0.05) is 18.2 Å². The van der Waals surface area contributed by atoms with E-state index in [0.29, 0.717) is 11.2 Å². The molecule has 3 aromatic rings. The average Bonchev–Trinajstić information content (AvgIpc) is 2.78. The van der Waals surface area contributed by atoms with Crippen LogP contribution in [0.5, 0.6) is 0 Å². The van der Waals surface area contributed by atoms with Crippen LogP contribution in [-0.2, 0) is 0 Å². The first kappa shape index (κ1) is 11.6. The molecule has 3 rings (SSSR count). The van der Waals surface area contributed by atoms with Gasteiger partial charge in [-0.05, 0) is 42.0 Å². The van der Waals surface area contributed by atoms with E-state index < -0.39 is 0 Å². The summed E-state index contributed by atoms with van der Waals surface area (Å²) in [6.45, 7) is 0. The zero-order valence-electron chi connectivity index (χ0n) is 9.90. The Morgan fingerprint density at radius 2 is 1.79 bits per heavy atom. The van der Waals surface area contributed by atoms with Crippen LogP contribution < -0.4 is 0 Å². The van der Waals surface area contributed by atoms with Gasteiger partial charge in [0.15, 0.2) is 0 Å². The van der Waals surface area contributed by atoms with Crippen LogP contribution in [0.4, 0.5) is 8.78 Å². The summed E-state index contributed by atoms with van der Waals surface area (Å²) in [5.74, 6) is -0.590. The third-order valence-electron chi connectivity index (χ3n) is 2.84. The topological polar surface area (TPSA) is 28.7 Å². The smallest absolute Gasteiger partial charge is 0.125 e. The van der Waals surface area contributed by atoms with Crippen LogP contribution in [-0.4, -0.2) is 10.2 Å². The SMILES string of the molecule is Fc1cccc(/C=C/c2n[nH]c3cc(F)ccc23)c1. The molecule has 4 heteroatoms. The molecule has 2 nitrogen and oxygen atoms in total. The molecule has 0 amide bonds. The highest BCUT2D eigenvalue weighted by atomic mass is 19.1. The zero-order chi connectivity index (χ0) is 13.2. The monoisotopic (exact) mass is 256 g/mol. The van der Waals surface area contributed by atoms with Gasteiger partial charge in [0, 0.05) is 5.39 Å². The number of nitrogens with one attached hydrogen (secondary N) is 1. The highest BCUT2D eigenvalue weighted by Gasteiger charge is 2.03. The Morgan fingerprint density at radius 1 is 0.947 bits per heavy atom. The molecule has 1 heterocycles. The molecule has 0 unspecified atom stereocenters. The molecule has 0 aliphatic carbocycles. The third kappa shape index (κ3) is 2.38. The Labute approximate surface area is 108 Å². The molecule has 0 radical (unpaired) electrons. The summed E-state index contributed by atoms with van der Waals surface area (Å²) < 4.78 is 26.1. The molecule has 0 bridgehead atoms. The Kier molecular flexibility index (Phi) is 2.83. The number of aromatic amines is 1. The van der Waals surface area contributed by atoms with Gasteiger partial charge < -0.3 is 0 Å². The summed E-state index contributed by atoms with van der Waals surface area (Å²) in [4.78, 5) is 0. The van der Waals surface area contributed by atoms with E-state index in [0.717, 1.165) is 10.9 Å². The van der Waals surface area contributed by atoms with Gasteiger partial charge >= 0.3 is 0 Å². The Morgan fingerprint density at radius 3 is 2.63 bits per heavy atom. The molecule has 19 heavy (non-hydrogen) atoms. The maximum absolute atomic E-state index is 13.0. The van der Waals surface area contributed by atoms with Crippen LogP contribution in [0, 0.1) is 11.6 Å². The van der Waals surface area contributed by atoms with E-state index in [1.807, 2.05) is 0 Å². The second kappa shape index (κ2) is 4.65. The lowest BCUT2D eigenvalue weighted by molar-refractivity contribution is 0.627. The van der Waals surface area contributed by atoms with Crippen LogP contribution in [0.15, 0.2) is 42.5 Å². The number of halogens is 2. The molecule has 94 valence electrons. The van der Waals surface area contributed by atoms with Crippen molar-refractivity contribution in [3.8, 4) is 0 Å². The first-order valence-electron chi connectivity index (χ1n) is 5.80. The van der Waals surface area contributed by atoms with Gasteiger partial charge in [-0.2, -0.15) is 5.10 Å². The minimum atomic E-state index is -0.309. The highest BCUT2D eigenvalue weighted by molar-refractivity contribution is 5.89. The summed E-state index contributed by atoms with van der Waals surface area (Å²) in [5, 5.41) is 7.69. The quantitative estimate of drug-likeness (QED) is 0.737. The van der Waals surface area contributed by atoms with Crippen LogP contribution in [0.2, 0.25) is 0 Å². The molecule has 2 aromatic carbocycles. The lowest BCUT2D eigenvalue weighted by Gasteiger charge is -1.93. The van der Waals surface area contributed by atoms with Crippen LogP contribution in [0.3, 0.4) is 0 Å². The summed E-state index contributed by atoms with van der Waals surface area (Å²) >= 11 is 0. The van der Waals surface area contributed by atoms with E-state index in [2.05, 4.69) is 10.2 Å². The fraction of sp³-hybridized carbons (Fsp3) is 0. The van der Waals surface area contributed by atoms with Crippen molar-refractivity contribution in [1.29, 1.82) is 0 Å². The molecular formula is C15H10F2N2. The van der Waals surface area contributed by atoms with Gasteiger partial charge in [0.05, 0.1) is 11.2 Å². The van der Waals surface area contributed by atoms with E-state index in [9.17, 15) is 8.78 Å². The van der Waals surface area contributed by atoms with E-state index in [4.69, 9.17) is 0 Å². The first-order chi connectivity index (χ1) is 9.22. The predicted molar refractivity (Wildman–Crippen MR) is 71.4 cm³/mol. The van der Waals surface area contributed by atoms with Crippen molar-refractivity contribution >= 4 is 23.1 Å². The van der Waals surface area contributed by atoms with E-state index in [1.165, 1.54) is 24.3 Å². The Bertz CT molecular complexity index is 760. The van der Waals surface area contributed by atoms with E-state index in [-0.39, 0.29) is 11.6 Å². The molecule has 0 saturated heterocycles. The normalized spacial score (nSPS) is 11.5. The summed E-state index contributed by atoms with van der Waals surface area (Å²) in [5.41, 5.74) is 2.08. The van der Waals surface area contributed by atoms with Crippen LogP contribution in [0.1, 0.15) is 11.3 Å². The van der Waals surface area contributed by atoms with Crippen molar-refractivity contribution in [2.45, 2.75) is 0 Å². The Hall–Kier alpha value is -2.49. The predicted octanol–water partition coefficient (Wildman–Crippen LogP) is 4.01. The van der Waals surface area contributed by atoms with E-state index >= 15 is 0 Å². The number of nitrogens with zero attached hydrogens (tertiary/aromatic N) is 1. The second-order valence-electron chi connectivity index (χ2n) is 4.19. The minimum Gasteiger partial charge on any atom is -0.277 e. The average molecular weight is 256 g/mol. The number of aromatic nitrogens is 2. The maximum Gasteiger partial charge on any atom is 0.125 e. The van der Waals surface area contributed by atoms with Gasteiger partial charge in [0.2, 0.25) is 0 Å². The Balaban J connectivity index is 1.97. The molecule has 0 aliphatic rings. The zero-order valence-corrected chi connectivity index (χ0v) is 9.90. The third-order valence-corrected chi connectivity index (χ3v) is 2.84. The van der Waals surface area contributed by atoms with Crippen molar-refractivity contribution in [3.05, 3.63) is 65.4 Å². The number of hydrogen-bond acceptors (Lipinski definition) is 1. The molecule has 1 aromatic heterocycles. The van der Waals surface area contributed by atoms with Crippen LogP contribution >= 0.6 is 0 Å². The van der Waals surface area contributed by atoms with Gasteiger partial charge in [0.25, 0.3) is 0 Å². The first-order valence-corrected chi connectivity index (χ1v) is 5.80. The summed E-state index contributed by atoms with van der Waals surface area (Å²) in [7, 11) is 0. The number of hydrogen-bond donors (Lipinski definition) is 1. The van der Waals surface area contributed by atoms with Gasteiger partial charge in [0.1, 0.15) is 11.6 Å². The summed E-state index contributed by atoms with van der Waals surface area (Å²) in [6.07, 6.45) is 3.54. The molecule has 0 aliphatic heterocycles. The van der Waals surface area contributed by atoms with Crippen molar-refractivity contribution in [2.24, 2.45) is 0 Å². The van der Waals surface area contributed by atoms with E-state index in [1.54, 1.807) is 30.4 Å². The van der Waals surface area contributed by atoms with Gasteiger partial charge in [-0.3, -0.25) is 5.10 Å². The standard InChI is InChI=1S/C15H10F2N2/c16-11-3-1-2-10(8-11)4-7-14-13-6-5-12(17)9-15(13)19-18-14/h1-9H,(H,18,19)/b7-4+. The number of rotatable bonds is 2. The maximum atomic E-state index is 13.0. The lowest BCUT2D eigenvalue weighted by atomic mass is 10.1. The fourth-order valence-electron chi connectivity index (χ4n) is 1.93. The largest absolute Gasteiger partial charge is 0.277 e. The van der Waals surface area contributed by atoms with Crippen molar-refractivity contribution in [2.75, 3.05) is 0 Å². The fourth-order valence-corrected chi connectivity index (χ4v) is 1.93. The molecule has 1 N–H and O–H groups in total. The molecule has 0 atom stereocenters. The molecule has 0 saturated carbocycles. The van der Waals surface area contributed by atoms with Gasteiger partial charge in [-0.15, -0.1) is 0 Å². The van der Waals surface area contributed by atoms with Gasteiger partial charge in [-0.25, -0.2) is 8.78 Å². The number of benzene rings is 2. The van der Waals surface area contributed by atoms with Crippen molar-refractivity contribution in [3.63, 3.8) is 0 Å².